The molecule has 0 radical (unpaired) electrons. The Morgan fingerprint density at radius 3 is 1.78 bits per heavy atom. The number of aromatic hydroxyl groups is 9. The molecule has 13 heteroatoms. The average Bonchev–Trinajstić information content (AvgIpc) is 3.54. The monoisotopic (exact) mass is 786 g/mol. The van der Waals surface area contributed by atoms with Gasteiger partial charge in [0.05, 0.1) is 35.4 Å². The molecule has 0 spiro atoms. The van der Waals surface area contributed by atoms with Gasteiger partial charge in [0.25, 0.3) is 0 Å². The molecule has 13 nitrogen and oxygen atoms in total. The largest absolute Gasteiger partial charge is 0.508 e. The minimum atomic E-state index is -1.14. The molecule has 0 aliphatic carbocycles. The molecule has 6 aromatic rings. The second-order valence-corrected chi connectivity index (χ2v) is 14.6. The number of fused-ring (bicyclic) bond motifs is 1. The van der Waals surface area contributed by atoms with Gasteiger partial charge in [-0.05, 0) is 89.3 Å². The maximum atomic E-state index is 14.8. The Morgan fingerprint density at radius 1 is 0.569 bits per heavy atom. The lowest BCUT2D eigenvalue weighted by atomic mass is 9.74. The number of benzene rings is 6. The summed E-state index contributed by atoms with van der Waals surface area (Å²) in [6, 6.07) is 25.0. The number of phenolic OH excluding ortho intramolecular Hbond substituents is 9. The Hall–Kier alpha value is -7.09. The van der Waals surface area contributed by atoms with E-state index in [-0.39, 0.29) is 86.7 Å². The van der Waals surface area contributed by atoms with Crippen LogP contribution >= 0.6 is 0 Å². The Bertz CT molecular complexity index is 2530. The number of carbonyl (C=O) groups excluding carboxylic acids is 1. The van der Waals surface area contributed by atoms with E-state index in [4.69, 9.17) is 9.47 Å². The lowest BCUT2D eigenvalue weighted by Gasteiger charge is -2.33. The van der Waals surface area contributed by atoms with E-state index in [1.54, 1.807) is 30.3 Å². The van der Waals surface area contributed by atoms with Crippen molar-refractivity contribution in [1.82, 2.24) is 0 Å². The molecular weight excluding hydrogens is 748 g/mol. The third-order valence-corrected chi connectivity index (χ3v) is 10.9. The maximum Gasteiger partial charge on any atom is 0.173 e. The van der Waals surface area contributed by atoms with Gasteiger partial charge in [0.2, 0.25) is 0 Å². The van der Waals surface area contributed by atoms with Gasteiger partial charge in [0.15, 0.2) is 5.78 Å². The highest BCUT2D eigenvalue weighted by Gasteiger charge is 2.51. The summed E-state index contributed by atoms with van der Waals surface area (Å²) in [6.45, 7) is 0. The van der Waals surface area contributed by atoms with E-state index in [1.165, 1.54) is 60.7 Å². The van der Waals surface area contributed by atoms with Gasteiger partial charge in [0, 0.05) is 41.7 Å². The Kier molecular flexibility index (Phi) is 9.63. The van der Waals surface area contributed by atoms with E-state index in [9.17, 15) is 55.9 Å². The van der Waals surface area contributed by atoms with Crippen LogP contribution in [0.2, 0.25) is 0 Å². The van der Waals surface area contributed by atoms with Crippen LogP contribution in [0.1, 0.15) is 56.5 Å². The van der Waals surface area contributed by atoms with Crippen LogP contribution in [-0.4, -0.2) is 63.0 Å². The fourth-order valence-electron chi connectivity index (χ4n) is 8.22. The van der Waals surface area contributed by atoms with Gasteiger partial charge in [-0.1, -0.05) is 30.3 Å². The average molecular weight is 787 g/mol. The molecule has 6 atom stereocenters. The molecule has 1 unspecified atom stereocenters. The van der Waals surface area contributed by atoms with Crippen LogP contribution in [0.4, 0.5) is 0 Å². The zero-order valence-electron chi connectivity index (χ0n) is 30.5. The van der Waals surface area contributed by atoms with E-state index >= 15 is 0 Å². The number of aliphatic hydroxyl groups excluding tert-OH is 1. The van der Waals surface area contributed by atoms with E-state index in [1.807, 2.05) is 0 Å². The van der Waals surface area contributed by atoms with Crippen molar-refractivity contribution in [3.63, 3.8) is 0 Å². The fraction of sp³-hybridized carbons (Fsp3) is 0.178. The summed E-state index contributed by atoms with van der Waals surface area (Å²) in [5.74, 6) is -4.94. The van der Waals surface area contributed by atoms with Gasteiger partial charge >= 0.3 is 0 Å². The summed E-state index contributed by atoms with van der Waals surface area (Å²) < 4.78 is 13.1. The molecule has 10 N–H and O–H groups in total. The third kappa shape index (κ3) is 6.86. The fourth-order valence-corrected chi connectivity index (χ4v) is 8.22. The highest BCUT2D eigenvalue weighted by atomic mass is 16.5. The van der Waals surface area contributed by atoms with Gasteiger partial charge < -0.3 is 60.5 Å². The topological polar surface area (TPSA) is 238 Å². The summed E-state index contributed by atoms with van der Waals surface area (Å²) in [6.07, 6.45) is -4.39. The lowest BCUT2D eigenvalue weighted by Crippen LogP contribution is -2.30. The minimum absolute atomic E-state index is 0.00490. The van der Waals surface area contributed by atoms with Crippen molar-refractivity contribution in [2.45, 2.75) is 37.3 Å². The number of aliphatic hydroxyl groups is 1. The highest BCUT2D eigenvalue weighted by Crippen LogP contribution is 2.56. The molecule has 8 rings (SSSR count). The Balaban J connectivity index is 1.31. The quantitative estimate of drug-likeness (QED) is 0.0707. The zero-order valence-corrected chi connectivity index (χ0v) is 30.5. The zero-order chi connectivity index (χ0) is 41.0. The number of hydrogen-bond acceptors (Lipinski definition) is 13. The maximum absolute atomic E-state index is 14.8. The van der Waals surface area contributed by atoms with Crippen molar-refractivity contribution in [3.8, 4) is 68.6 Å². The van der Waals surface area contributed by atoms with Crippen LogP contribution in [0.15, 0.2) is 109 Å². The van der Waals surface area contributed by atoms with Gasteiger partial charge in [-0.2, -0.15) is 0 Å². The van der Waals surface area contributed by atoms with Crippen LogP contribution in [0.5, 0.6) is 57.5 Å². The van der Waals surface area contributed by atoms with Gasteiger partial charge in [-0.25, -0.2) is 0 Å². The van der Waals surface area contributed by atoms with Gasteiger partial charge in [0.1, 0.15) is 63.6 Å². The first-order valence-electron chi connectivity index (χ1n) is 18.3. The number of ether oxygens (including phenoxy) is 2. The second kappa shape index (κ2) is 14.8. The van der Waals surface area contributed by atoms with Gasteiger partial charge in [-0.15, -0.1) is 0 Å². The molecule has 6 aromatic carbocycles. The van der Waals surface area contributed by atoms with E-state index in [0.29, 0.717) is 16.7 Å². The molecule has 2 aliphatic rings. The highest BCUT2D eigenvalue weighted by molar-refractivity contribution is 6.01. The number of rotatable bonds is 8. The van der Waals surface area contributed by atoms with E-state index < -0.39 is 53.5 Å². The van der Waals surface area contributed by atoms with Crippen molar-refractivity contribution in [2.24, 2.45) is 11.8 Å². The molecule has 0 bridgehead atoms. The summed E-state index contributed by atoms with van der Waals surface area (Å²) in [7, 11) is 0. The summed E-state index contributed by atoms with van der Waals surface area (Å²) in [4.78, 5) is 14.8. The summed E-state index contributed by atoms with van der Waals surface area (Å²) in [5, 5.41) is 107. The first-order chi connectivity index (χ1) is 27.8. The number of hydrogen-bond donors (Lipinski definition) is 10. The molecule has 0 amide bonds. The smallest absolute Gasteiger partial charge is 0.173 e. The standard InChI is InChI=1S/C45H38O13/c46-24-6-1-21(2-7-24)42-38(55)19-32-36(53)20-37(54)39(45(32)57-42)31-16-26(48)10-5-23(31)15-33-40(41(56)29-13-11-27(49)17-34(29)51)43(22-3-8-25(47)9-4-22)58-44(33)30-14-12-28(50)18-35(30)52/h1-14,16-18,20,33,38,40,42-44,46-55H,15,19H2/t33-,38+,40?,42-,43+,44-/m1/s1. The molecule has 1 fully saturated rings. The van der Waals surface area contributed by atoms with E-state index in [0.717, 1.165) is 18.2 Å². The third-order valence-electron chi connectivity index (χ3n) is 10.9. The van der Waals surface area contributed by atoms with Crippen LogP contribution in [0.3, 0.4) is 0 Å². The van der Waals surface area contributed by atoms with Crippen LogP contribution in [0, 0.1) is 11.8 Å². The van der Waals surface area contributed by atoms with Crippen molar-refractivity contribution >= 4 is 5.78 Å². The molecule has 296 valence electrons. The van der Waals surface area contributed by atoms with Crippen LogP contribution in [0.25, 0.3) is 11.1 Å². The normalized spacial score (nSPS) is 21.3. The summed E-state index contributed by atoms with van der Waals surface area (Å²) >= 11 is 0. The number of ketones is 1. The second-order valence-electron chi connectivity index (χ2n) is 14.6. The predicted molar refractivity (Wildman–Crippen MR) is 207 cm³/mol. The first-order valence-corrected chi connectivity index (χ1v) is 18.3. The molecule has 2 heterocycles. The minimum Gasteiger partial charge on any atom is -0.508 e. The lowest BCUT2D eigenvalue weighted by molar-refractivity contribution is 0.0202. The Labute approximate surface area is 330 Å². The number of carbonyl (C=O) groups is 1. The van der Waals surface area contributed by atoms with E-state index in [2.05, 4.69) is 0 Å². The predicted octanol–water partition coefficient (Wildman–Crippen LogP) is 6.91. The molecule has 0 aromatic heterocycles. The molecule has 1 saturated heterocycles. The SMILES string of the molecule is O=C(c1ccc(O)cc1O)C1[C@@H](Cc2ccc(O)cc2-c2c(O)cc(O)c3c2O[C@H](c2ccc(O)cc2)[C@@H](O)C3)[C@@H](c2ccc(O)cc2O)O[C@H]1c1ccc(O)cc1. The Morgan fingerprint density at radius 2 is 1.14 bits per heavy atom. The first kappa shape index (κ1) is 37.8. The number of phenols is 9. The van der Waals surface area contributed by atoms with Crippen molar-refractivity contribution in [2.75, 3.05) is 0 Å². The van der Waals surface area contributed by atoms with Crippen LogP contribution < -0.4 is 4.74 Å². The number of Topliss-reactive ketones (excluding diaryl/α,β-unsaturated/α-hetero) is 1. The molecular formula is C45H38O13. The molecule has 0 saturated carbocycles. The molecule has 2 aliphatic heterocycles. The van der Waals surface area contributed by atoms with Crippen molar-refractivity contribution in [3.05, 3.63) is 143 Å². The van der Waals surface area contributed by atoms with Gasteiger partial charge in [-0.3, -0.25) is 4.79 Å². The summed E-state index contributed by atoms with van der Waals surface area (Å²) in [5.41, 5.74) is 1.98. The van der Waals surface area contributed by atoms with Crippen LogP contribution in [-0.2, 0) is 17.6 Å². The van der Waals surface area contributed by atoms with Crippen molar-refractivity contribution in [1.29, 1.82) is 0 Å². The molecule has 58 heavy (non-hydrogen) atoms. The van der Waals surface area contributed by atoms with Crippen molar-refractivity contribution < 1.29 is 65.3 Å².